The minimum absolute atomic E-state index is 0.0351. The number of halogens is 1. The molecule has 2 fully saturated rings. The number of fused-ring (bicyclic) bond motifs is 1. The summed E-state index contributed by atoms with van der Waals surface area (Å²) in [7, 11) is 1.64. The number of carbonyl (C=O) groups excluding carboxylic acids is 1. The van der Waals surface area contributed by atoms with E-state index in [1.807, 2.05) is 19.9 Å². The van der Waals surface area contributed by atoms with Crippen molar-refractivity contribution in [1.29, 1.82) is 0 Å². The van der Waals surface area contributed by atoms with E-state index in [1.165, 1.54) is 6.07 Å². The topological polar surface area (TPSA) is 77.0 Å². The highest BCUT2D eigenvalue weighted by Crippen LogP contribution is 2.55. The molecule has 1 aliphatic heterocycles. The van der Waals surface area contributed by atoms with Crippen LogP contribution in [0.2, 0.25) is 0 Å². The average molecular weight is 536 g/mol. The zero-order chi connectivity index (χ0) is 27.7. The summed E-state index contributed by atoms with van der Waals surface area (Å²) in [6, 6.07) is 5.09. The second-order valence-electron chi connectivity index (χ2n) is 12.1. The number of aliphatic hydroxyl groups excluding tert-OH is 1. The molecule has 5 atom stereocenters. The SMILES string of the molecule is COCCCOc1cc(CC(CCC(O)CC(C(=O)NCC[C@]23C[C@H]2CCO3)C(C)C)C(C)C)ccc1F. The van der Waals surface area contributed by atoms with Crippen molar-refractivity contribution in [2.75, 3.05) is 33.5 Å². The summed E-state index contributed by atoms with van der Waals surface area (Å²) in [6.45, 7) is 10.9. The van der Waals surface area contributed by atoms with E-state index in [4.69, 9.17) is 14.2 Å². The molecular weight excluding hydrogens is 485 g/mol. The third kappa shape index (κ3) is 8.92. The average Bonchev–Trinajstić information content (AvgIpc) is 3.41. The van der Waals surface area contributed by atoms with Gasteiger partial charge in [-0.3, -0.25) is 4.79 Å². The normalized spacial score (nSPS) is 22.8. The lowest BCUT2D eigenvalue weighted by Crippen LogP contribution is -2.37. The number of hydrogen-bond donors (Lipinski definition) is 2. The van der Waals surface area contributed by atoms with Gasteiger partial charge in [0.15, 0.2) is 11.6 Å². The molecule has 1 aliphatic carbocycles. The van der Waals surface area contributed by atoms with Crippen LogP contribution in [0.3, 0.4) is 0 Å². The molecule has 7 heteroatoms. The Bertz CT molecular complexity index is 878. The Morgan fingerprint density at radius 1 is 1.21 bits per heavy atom. The molecule has 1 aromatic rings. The second kappa shape index (κ2) is 14.6. The van der Waals surface area contributed by atoms with Gasteiger partial charge in [-0.1, -0.05) is 33.8 Å². The van der Waals surface area contributed by atoms with Crippen LogP contribution in [0.15, 0.2) is 18.2 Å². The van der Waals surface area contributed by atoms with Crippen LogP contribution in [-0.4, -0.2) is 56.2 Å². The van der Waals surface area contributed by atoms with E-state index in [-0.39, 0.29) is 34.9 Å². The molecule has 216 valence electrons. The van der Waals surface area contributed by atoms with Crippen molar-refractivity contribution in [2.24, 2.45) is 29.6 Å². The Hall–Kier alpha value is -1.70. The summed E-state index contributed by atoms with van der Waals surface area (Å²) in [5.41, 5.74) is 1.07. The molecular formula is C31H50FNO5. The van der Waals surface area contributed by atoms with Crippen LogP contribution in [0.1, 0.15) is 78.2 Å². The Balaban J connectivity index is 1.46. The van der Waals surface area contributed by atoms with E-state index in [2.05, 4.69) is 19.2 Å². The Labute approximate surface area is 229 Å². The number of ether oxygens (including phenoxy) is 3. The highest BCUT2D eigenvalue weighted by atomic mass is 19.1. The van der Waals surface area contributed by atoms with E-state index < -0.39 is 6.10 Å². The molecule has 3 rings (SSSR count). The van der Waals surface area contributed by atoms with Gasteiger partial charge in [-0.25, -0.2) is 4.39 Å². The maximum absolute atomic E-state index is 14.2. The van der Waals surface area contributed by atoms with Gasteiger partial charge in [0.1, 0.15) is 0 Å². The van der Waals surface area contributed by atoms with Crippen molar-refractivity contribution in [2.45, 2.75) is 90.8 Å². The fraction of sp³-hybridized carbons (Fsp3) is 0.774. The Kier molecular flexibility index (Phi) is 11.9. The molecule has 2 aliphatic rings. The molecule has 2 N–H and O–H groups in total. The molecule has 0 aromatic heterocycles. The minimum atomic E-state index is -0.535. The summed E-state index contributed by atoms with van der Waals surface area (Å²) in [6.07, 6.45) is 6.07. The smallest absolute Gasteiger partial charge is 0.223 e. The van der Waals surface area contributed by atoms with Gasteiger partial charge in [0.2, 0.25) is 5.91 Å². The predicted octanol–water partition coefficient (Wildman–Crippen LogP) is 5.54. The van der Waals surface area contributed by atoms with Crippen LogP contribution in [0.4, 0.5) is 4.39 Å². The molecule has 1 saturated heterocycles. The van der Waals surface area contributed by atoms with E-state index in [0.29, 0.717) is 56.8 Å². The lowest BCUT2D eigenvalue weighted by molar-refractivity contribution is -0.127. The van der Waals surface area contributed by atoms with Crippen LogP contribution in [0.25, 0.3) is 0 Å². The number of carbonyl (C=O) groups is 1. The van der Waals surface area contributed by atoms with Gasteiger partial charge in [0, 0.05) is 39.2 Å². The molecule has 6 nitrogen and oxygen atoms in total. The Morgan fingerprint density at radius 2 is 2.00 bits per heavy atom. The summed E-state index contributed by atoms with van der Waals surface area (Å²) in [4.78, 5) is 13.0. The molecule has 38 heavy (non-hydrogen) atoms. The highest BCUT2D eigenvalue weighted by molar-refractivity contribution is 5.78. The van der Waals surface area contributed by atoms with Crippen molar-refractivity contribution >= 4 is 5.91 Å². The molecule has 1 amide bonds. The lowest BCUT2D eigenvalue weighted by atomic mass is 9.82. The number of amides is 1. The van der Waals surface area contributed by atoms with Crippen molar-refractivity contribution in [3.8, 4) is 5.75 Å². The molecule has 0 radical (unpaired) electrons. The van der Waals surface area contributed by atoms with E-state index in [9.17, 15) is 14.3 Å². The highest BCUT2D eigenvalue weighted by Gasteiger charge is 2.58. The van der Waals surface area contributed by atoms with Crippen LogP contribution < -0.4 is 10.1 Å². The van der Waals surface area contributed by atoms with E-state index in [1.54, 1.807) is 13.2 Å². The fourth-order valence-electron chi connectivity index (χ4n) is 5.86. The fourth-order valence-corrected chi connectivity index (χ4v) is 5.86. The molecule has 3 unspecified atom stereocenters. The van der Waals surface area contributed by atoms with Crippen molar-refractivity contribution in [3.05, 3.63) is 29.6 Å². The lowest BCUT2D eigenvalue weighted by Gasteiger charge is -2.26. The van der Waals surface area contributed by atoms with Gasteiger partial charge in [-0.15, -0.1) is 0 Å². The van der Waals surface area contributed by atoms with Crippen molar-refractivity contribution < 1.29 is 28.5 Å². The number of hydrogen-bond acceptors (Lipinski definition) is 5. The zero-order valence-corrected chi connectivity index (χ0v) is 24.1. The van der Waals surface area contributed by atoms with E-state index >= 15 is 0 Å². The van der Waals surface area contributed by atoms with Gasteiger partial charge in [-0.05, 0) is 86.3 Å². The summed E-state index contributed by atoms with van der Waals surface area (Å²) < 4.78 is 30.8. The van der Waals surface area contributed by atoms with Gasteiger partial charge in [0.05, 0.1) is 18.3 Å². The summed E-state index contributed by atoms with van der Waals surface area (Å²) in [5, 5.41) is 14.0. The van der Waals surface area contributed by atoms with Crippen molar-refractivity contribution in [3.63, 3.8) is 0 Å². The minimum Gasteiger partial charge on any atom is -0.490 e. The summed E-state index contributed by atoms with van der Waals surface area (Å²) >= 11 is 0. The predicted molar refractivity (Wildman–Crippen MR) is 148 cm³/mol. The maximum atomic E-state index is 14.2. The summed E-state index contributed by atoms with van der Waals surface area (Å²) in [5.74, 6) is 1.33. The quantitative estimate of drug-likeness (QED) is 0.241. The zero-order valence-electron chi connectivity index (χ0n) is 24.1. The first-order valence-corrected chi connectivity index (χ1v) is 14.6. The number of rotatable bonds is 18. The first-order chi connectivity index (χ1) is 18.1. The first kappa shape index (κ1) is 30.8. The van der Waals surface area contributed by atoms with Gasteiger partial charge < -0.3 is 24.6 Å². The molecule has 0 bridgehead atoms. The first-order valence-electron chi connectivity index (χ1n) is 14.6. The van der Waals surface area contributed by atoms with E-state index in [0.717, 1.165) is 44.3 Å². The standard InChI is InChI=1S/C31H50FNO5/c1-21(2)24(17-23-7-10-28(32)29(18-23)37-15-6-14-36-5)8-9-26(34)19-27(22(3)4)30(35)33-13-12-31-20-25(31)11-16-38-31/h7,10,18,21-22,24-27,34H,6,8-9,11-17,19-20H2,1-5H3,(H,33,35)/t24?,25-,26?,27?,31+/m1/s1. The number of aliphatic hydroxyl groups is 1. The molecule has 0 spiro atoms. The largest absolute Gasteiger partial charge is 0.490 e. The molecule has 1 heterocycles. The number of nitrogens with one attached hydrogen (secondary N) is 1. The van der Waals surface area contributed by atoms with Crippen LogP contribution in [-0.2, 0) is 20.7 Å². The third-order valence-electron chi connectivity index (χ3n) is 8.60. The number of benzene rings is 1. The Morgan fingerprint density at radius 3 is 2.63 bits per heavy atom. The van der Waals surface area contributed by atoms with Gasteiger partial charge in [-0.2, -0.15) is 0 Å². The third-order valence-corrected chi connectivity index (χ3v) is 8.60. The van der Waals surface area contributed by atoms with Crippen LogP contribution in [0, 0.1) is 35.4 Å². The number of methoxy groups -OCH3 is 1. The molecule has 1 aromatic carbocycles. The van der Waals surface area contributed by atoms with Gasteiger partial charge >= 0.3 is 0 Å². The van der Waals surface area contributed by atoms with Gasteiger partial charge in [0.25, 0.3) is 0 Å². The van der Waals surface area contributed by atoms with Crippen molar-refractivity contribution in [1.82, 2.24) is 5.32 Å². The monoisotopic (exact) mass is 535 g/mol. The van der Waals surface area contributed by atoms with Crippen LogP contribution in [0.5, 0.6) is 5.75 Å². The van der Waals surface area contributed by atoms with Crippen LogP contribution >= 0.6 is 0 Å². The molecule has 1 saturated carbocycles. The second-order valence-corrected chi connectivity index (χ2v) is 12.1. The maximum Gasteiger partial charge on any atom is 0.223 e.